The zero-order valence-corrected chi connectivity index (χ0v) is 16.4. The first-order valence-corrected chi connectivity index (χ1v) is 10.3. The summed E-state index contributed by atoms with van der Waals surface area (Å²) in [6, 6.07) is 0.325. The molecule has 1 aromatic rings. The first kappa shape index (κ1) is 19.9. The van der Waals surface area contributed by atoms with Crippen LogP contribution in [0, 0.1) is 5.92 Å². The lowest BCUT2D eigenvalue weighted by atomic mass is 9.91. The Labute approximate surface area is 161 Å². The highest BCUT2D eigenvalue weighted by molar-refractivity contribution is 5.81. The van der Waals surface area contributed by atoms with Gasteiger partial charge in [0.2, 0.25) is 11.8 Å². The molecule has 0 saturated carbocycles. The number of hydrogen-bond acceptors (Lipinski definition) is 4. The van der Waals surface area contributed by atoms with E-state index in [2.05, 4.69) is 14.5 Å². The van der Waals surface area contributed by atoms with Crippen molar-refractivity contribution in [2.45, 2.75) is 58.0 Å². The Morgan fingerprint density at radius 3 is 2.67 bits per heavy atom. The van der Waals surface area contributed by atoms with Gasteiger partial charge in [0, 0.05) is 57.1 Å². The molecule has 2 aliphatic heterocycles. The van der Waals surface area contributed by atoms with Crippen molar-refractivity contribution >= 4 is 11.8 Å². The number of imidazole rings is 1. The molecule has 0 aliphatic carbocycles. The highest BCUT2D eigenvalue weighted by atomic mass is 16.5. The predicted octanol–water partition coefficient (Wildman–Crippen LogP) is 1.93. The molecule has 150 valence electrons. The number of aromatic nitrogens is 2. The molecule has 7 heteroatoms. The summed E-state index contributed by atoms with van der Waals surface area (Å²) in [4.78, 5) is 33.3. The van der Waals surface area contributed by atoms with Gasteiger partial charge in [0.1, 0.15) is 6.61 Å². The summed E-state index contributed by atoms with van der Waals surface area (Å²) in [5, 5.41) is 0. The number of hydrogen-bond donors (Lipinski definition) is 0. The summed E-state index contributed by atoms with van der Waals surface area (Å²) in [5.74, 6) is 0.385. The van der Waals surface area contributed by atoms with E-state index < -0.39 is 0 Å². The molecule has 0 N–H and O–H groups in total. The van der Waals surface area contributed by atoms with Crippen LogP contribution in [0.2, 0.25) is 0 Å². The highest BCUT2D eigenvalue weighted by Gasteiger charge is 2.34. The summed E-state index contributed by atoms with van der Waals surface area (Å²) >= 11 is 0. The molecule has 3 heterocycles. The van der Waals surface area contributed by atoms with Crippen molar-refractivity contribution in [2.24, 2.45) is 5.92 Å². The topological polar surface area (TPSA) is 67.7 Å². The molecule has 1 atom stereocenters. The third-order valence-corrected chi connectivity index (χ3v) is 5.82. The van der Waals surface area contributed by atoms with E-state index in [-0.39, 0.29) is 18.4 Å². The number of ether oxygens (including phenoxy) is 1. The van der Waals surface area contributed by atoms with E-state index in [1.165, 1.54) is 6.42 Å². The van der Waals surface area contributed by atoms with Gasteiger partial charge in [0.15, 0.2) is 0 Å². The second-order valence-electron chi connectivity index (χ2n) is 7.56. The second kappa shape index (κ2) is 9.88. The number of nitrogens with zero attached hydrogens (tertiary/aromatic N) is 4. The molecule has 27 heavy (non-hydrogen) atoms. The van der Waals surface area contributed by atoms with Crippen molar-refractivity contribution in [2.75, 3.05) is 32.8 Å². The Morgan fingerprint density at radius 1 is 1.15 bits per heavy atom. The third-order valence-electron chi connectivity index (χ3n) is 5.82. The van der Waals surface area contributed by atoms with Crippen molar-refractivity contribution in [1.29, 1.82) is 0 Å². The SMILES string of the molecule is CCOCC(=O)N1CCC(C(=O)N2CCCCC2CCn2ccnc2)CC1. The Morgan fingerprint density at radius 2 is 1.96 bits per heavy atom. The Hall–Kier alpha value is -1.89. The number of carbonyl (C=O) groups is 2. The van der Waals surface area contributed by atoms with Gasteiger partial charge in [0.05, 0.1) is 6.33 Å². The molecule has 3 rings (SSSR count). The maximum absolute atomic E-state index is 13.2. The summed E-state index contributed by atoms with van der Waals surface area (Å²) in [6.45, 7) is 5.69. The fourth-order valence-electron chi connectivity index (χ4n) is 4.20. The lowest BCUT2D eigenvalue weighted by molar-refractivity contribution is -0.145. The summed E-state index contributed by atoms with van der Waals surface area (Å²) < 4.78 is 7.30. The Bertz CT molecular complexity index is 596. The van der Waals surface area contributed by atoms with Crippen LogP contribution in [-0.4, -0.2) is 70.1 Å². The van der Waals surface area contributed by atoms with Gasteiger partial charge in [-0.25, -0.2) is 4.98 Å². The summed E-state index contributed by atoms with van der Waals surface area (Å²) in [5.41, 5.74) is 0. The normalized spacial score (nSPS) is 21.4. The van der Waals surface area contributed by atoms with Gasteiger partial charge in [-0.2, -0.15) is 0 Å². The standard InChI is InChI=1S/C20H32N4O3/c1-2-27-15-19(25)23-12-6-17(7-13-23)20(26)24-10-4-3-5-18(24)8-11-22-14-9-21-16-22/h9,14,16-18H,2-8,10-13,15H2,1H3. The molecule has 0 radical (unpaired) electrons. The lowest BCUT2D eigenvalue weighted by Crippen LogP contribution is -2.50. The quantitative estimate of drug-likeness (QED) is 0.729. The molecule has 0 bridgehead atoms. The maximum Gasteiger partial charge on any atom is 0.248 e. The van der Waals surface area contributed by atoms with Crippen molar-refractivity contribution in [3.05, 3.63) is 18.7 Å². The van der Waals surface area contributed by atoms with E-state index in [9.17, 15) is 9.59 Å². The Kier molecular flexibility index (Phi) is 7.26. The largest absolute Gasteiger partial charge is 0.372 e. The van der Waals surface area contributed by atoms with Gasteiger partial charge in [0.25, 0.3) is 0 Å². The number of amides is 2. The van der Waals surface area contributed by atoms with Gasteiger partial charge in [-0.1, -0.05) is 0 Å². The van der Waals surface area contributed by atoms with Crippen LogP contribution < -0.4 is 0 Å². The number of carbonyl (C=O) groups excluding carboxylic acids is 2. The monoisotopic (exact) mass is 376 g/mol. The second-order valence-corrected chi connectivity index (χ2v) is 7.56. The third kappa shape index (κ3) is 5.31. The number of aryl methyl sites for hydroxylation is 1. The minimum Gasteiger partial charge on any atom is -0.372 e. The lowest BCUT2D eigenvalue weighted by Gasteiger charge is -2.40. The first-order valence-electron chi connectivity index (χ1n) is 10.3. The van der Waals surface area contributed by atoms with Gasteiger partial charge < -0.3 is 19.1 Å². The number of piperidine rings is 2. The fourth-order valence-corrected chi connectivity index (χ4v) is 4.20. The van der Waals surface area contributed by atoms with Crippen molar-refractivity contribution in [1.82, 2.24) is 19.4 Å². The smallest absolute Gasteiger partial charge is 0.248 e. The zero-order chi connectivity index (χ0) is 19.1. The molecule has 1 aromatic heterocycles. The molecule has 2 aliphatic rings. The molecule has 7 nitrogen and oxygen atoms in total. The molecule has 1 unspecified atom stereocenters. The molecule has 2 fully saturated rings. The summed E-state index contributed by atoms with van der Waals surface area (Å²) in [7, 11) is 0. The van der Waals surface area contributed by atoms with Gasteiger partial charge in [-0.3, -0.25) is 9.59 Å². The van der Waals surface area contributed by atoms with Gasteiger partial charge >= 0.3 is 0 Å². The van der Waals surface area contributed by atoms with Crippen molar-refractivity contribution < 1.29 is 14.3 Å². The van der Waals surface area contributed by atoms with E-state index >= 15 is 0 Å². The van der Waals surface area contributed by atoms with Crippen LogP contribution in [0.3, 0.4) is 0 Å². The van der Waals surface area contributed by atoms with Crippen LogP contribution >= 0.6 is 0 Å². The van der Waals surface area contributed by atoms with Crippen molar-refractivity contribution in [3.63, 3.8) is 0 Å². The van der Waals surface area contributed by atoms with Crippen LogP contribution in [0.1, 0.15) is 45.4 Å². The van der Waals surface area contributed by atoms with Crippen LogP contribution in [0.5, 0.6) is 0 Å². The van der Waals surface area contributed by atoms with Crippen LogP contribution in [-0.2, 0) is 20.9 Å². The number of rotatable bonds is 7. The van der Waals surface area contributed by atoms with E-state index in [0.29, 0.717) is 31.6 Å². The van der Waals surface area contributed by atoms with Crippen molar-refractivity contribution in [3.8, 4) is 0 Å². The van der Waals surface area contributed by atoms with Crippen LogP contribution in [0.4, 0.5) is 0 Å². The average molecular weight is 377 g/mol. The van der Waals surface area contributed by atoms with Gasteiger partial charge in [-0.15, -0.1) is 0 Å². The van der Waals surface area contributed by atoms with E-state index in [4.69, 9.17) is 4.74 Å². The van der Waals surface area contributed by atoms with E-state index in [0.717, 1.165) is 45.2 Å². The zero-order valence-electron chi connectivity index (χ0n) is 16.4. The van der Waals surface area contributed by atoms with Crippen LogP contribution in [0.15, 0.2) is 18.7 Å². The minimum absolute atomic E-state index is 0.0407. The molecule has 2 saturated heterocycles. The maximum atomic E-state index is 13.2. The van der Waals surface area contributed by atoms with Gasteiger partial charge in [-0.05, 0) is 45.4 Å². The predicted molar refractivity (Wildman–Crippen MR) is 102 cm³/mol. The molecule has 0 aromatic carbocycles. The first-order chi connectivity index (χ1) is 13.2. The molecular weight excluding hydrogens is 344 g/mol. The summed E-state index contributed by atoms with van der Waals surface area (Å²) in [6.07, 6.45) is 11.5. The van der Waals surface area contributed by atoms with Crippen LogP contribution in [0.25, 0.3) is 0 Å². The molecule has 2 amide bonds. The average Bonchev–Trinajstić information content (AvgIpc) is 3.24. The molecule has 0 spiro atoms. The number of likely N-dealkylation sites (tertiary alicyclic amines) is 2. The molecular formula is C20H32N4O3. The van der Waals surface area contributed by atoms with E-state index in [1.807, 2.05) is 24.3 Å². The fraction of sp³-hybridized carbons (Fsp3) is 0.750. The Balaban J connectivity index is 1.50. The minimum atomic E-state index is 0.0407. The highest BCUT2D eigenvalue weighted by Crippen LogP contribution is 2.26. The van der Waals surface area contributed by atoms with E-state index in [1.54, 1.807) is 6.20 Å².